The van der Waals surface area contributed by atoms with Crippen LogP contribution in [0.15, 0.2) is 30.3 Å². The SMILES string of the molecule is CCOC(=O)C1CCc2nc(NC(=O)C3CC(=O)N(C(C)c4ccccc4)C3)sc2C1. The molecule has 1 N–H and O–H groups in total. The molecule has 3 atom stereocenters. The molecular weight excluding hydrogens is 414 g/mol. The quantitative estimate of drug-likeness (QED) is 0.695. The molecule has 7 nitrogen and oxygen atoms in total. The number of thiazole rings is 1. The number of nitrogens with one attached hydrogen (secondary N) is 1. The summed E-state index contributed by atoms with van der Waals surface area (Å²) < 4.78 is 5.15. The zero-order valence-electron chi connectivity index (χ0n) is 17.8. The third-order valence-corrected chi connectivity index (χ3v) is 7.10. The Kier molecular flexibility index (Phi) is 6.36. The van der Waals surface area contributed by atoms with Gasteiger partial charge < -0.3 is 15.0 Å². The van der Waals surface area contributed by atoms with Crippen molar-refractivity contribution in [2.75, 3.05) is 18.5 Å². The topological polar surface area (TPSA) is 88.6 Å². The number of rotatable bonds is 6. The van der Waals surface area contributed by atoms with Crippen molar-refractivity contribution in [3.63, 3.8) is 0 Å². The number of anilines is 1. The number of hydrogen-bond donors (Lipinski definition) is 1. The predicted molar refractivity (Wildman–Crippen MR) is 118 cm³/mol. The molecule has 2 aromatic rings. The molecule has 1 saturated heterocycles. The number of likely N-dealkylation sites (tertiary alicyclic amines) is 1. The van der Waals surface area contributed by atoms with Crippen LogP contribution in [0.4, 0.5) is 5.13 Å². The van der Waals surface area contributed by atoms with Crippen LogP contribution in [0.2, 0.25) is 0 Å². The molecule has 3 unspecified atom stereocenters. The van der Waals surface area contributed by atoms with Gasteiger partial charge in [0, 0.05) is 17.8 Å². The van der Waals surface area contributed by atoms with E-state index in [1.165, 1.54) is 11.3 Å². The zero-order chi connectivity index (χ0) is 22.0. The Bertz CT molecular complexity index is 974. The molecule has 2 heterocycles. The summed E-state index contributed by atoms with van der Waals surface area (Å²) in [4.78, 5) is 44.8. The van der Waals surface area contributed by atoms with E-state index in [1.54, 1.807) is 4.90 Å². The van der Waals surface area contributed by atoms with Crippen LogP contribution >= 0.6 is 11.3 Å². The molecule has 8 heteroatoms. The molecule has 1 aromatic carbocycles. The second kappa shape index (κ2) is 9.18. The van der Waals surface area contributed by atoms with Gasteiger partial charge in [-0.05, 0) is 38.7 Å². The standard InChI is InChI=1S/C23H27N3O4S/c1-3-30-22(29)16-9-10-18-19(11-16)31-23(24-18)25-21(28)17-12-20(27)26(13-17)14(2)15-7-5-4-6-8-15/h4-8,14,16-17H,3,9-13H2,1-2H3,(H,24,25,28). The van der Waals surface area contributed by atoms with E-state index in [4.69, 9.17) is 4.74 Å². The first kappa shape index (κ1) is 21.5. The number of benzene rings is 1. The maximum Gasteiger partial charge on any atom is 0.309 e. The van der Waals surface area contributed by atoms with Crippen LogP contribution in [0, 0.1) is 11.8 Å². The minimum atomic E-state index is -0.396. The van der Waals surface area contributed by atoms with Crippen molar-refractivity contribution in [2.24, 2.45) is 11.8 Å². The van der Waals surface area contributed by atoms with E-state index in [1.807, 2.05) is 44.2 Å². The first-order valence-electron chi connectivity index (χ1n) is 10.8. The maximum atomic E-state index is 12.8. The first-order chi connectivity index (χ1) is 15.0. The molecule has 1 fully saturated rings. The van der Waals surface area contributed by atoms with Gasteiger partial charge in [-0.3, -0.25) is 14.4 Å². The van der Waals surface area contributed by atoms with E-state index < -0.39 is 5.92 Å². The van der Waals surface area contributed by atoms with Crippen LogP contribution < -0.4 is 5.32 Å². The van der Waals surface area contributed by atoms with Crippen molar-refractivity contribution in [2.45, 2.75) is 45.6 Å². The molecule has 4 rings (SSSR count). The minimum absolute atomic E-state index is 0.00721. The summed E-state index contributed by atoms with van der Waals surface area (Å²) in [6.45, 7) is 4.58. The van der Waals surface area contributed by atoms with Crippen LogP contribution in [0.25, 0.3) is 0 Å². The smallest absolute Gasteiger partial charge is 0.309 e. The lowest BCUT2D eigenvalue weighted by Gasteiger charge is -2.25. The fourth-order valence-corrected chi connectivity index (χ4v) is 5.38. The highest BCUT2D eigenvalue weighted by Gasteiger charge is 2.37. The number of carbonyl (C=O) groups is 3. The van der Waals surface area contributed by atoms with Gasteiger partial charge in [0.15, 0.2) is 5.13 Å². The fraction of sp³-hybridized carbons (Fsp3) is 0.478. The number of carbonyl (C=O) groups excluding carboxylic acids is 3. The van der Waals surface area contributed by atoms with Crippen LogP contribution in [0.3, 0.4) is 0 Å². The summed E-state index contributed by atoms with van der Waals surface area (Å²) in [5, 5.41) is 3.45. The summed E-state index contributed by atoms with van der Waals surface area (Å²) in [5.74, 6) is -0.885. The van der Waals surface area contributed by atoms with Gasteiger partial charge in [0.1, 0.15) is 0 Å². The van der Waals surface area contributed by atoms with Crippen LogP contribution in [0.1, 0.15) is 48.9 Å². The zero-order valence-corrected chi connectivity index (χ0v) is 18.6. The van der Waals surface area contributed by atoms with E-state index in [0.29, 0.717) is 37.5 Å². The molecule has 1 aliphatic heterocycles. The summed E-state index contributed by atoms with van der Waals surface area (Å²) in [6, 6.07) is 9.77. The molecule has 1 aliphatic carbocycles. The van der Waals surface area contributed by atoms with Gasteiger partial charge in [0.25, 0.3) is 0 Å². The van der Waals surface area contributed by atoms with Gasteiger partial charge in [-0.25, -0.2) is 4.98 Å². The molecule has 0 bridgehead atoms. The van der Waals surface area contributed by atoms with E-state index in [0.717, 1.165) is 16.1 Å². The highest BCUT2D eigenvalue weighted by atomic mass is 32.1. The Balaban J connectivity index is 1.37. The number of aryl methyl sites for hydroxylation is 1. The molecule has 1 aromatic heterocycles. The molecule has 2 aliphatic rings. The van der Waals surface area contributed by atoms with Crippen molar-refractivity contribution in [1.29, 1.82) is 0 Å². The number of nitrogens with zero attached hydrogens (tertiary/aromatic N) is 2. The van der Waals surface area contributed by atoms with Gasteiger partial charge in [0.2, 0.25) is 11.8 Å². The van der Waals surface area contributed by atoms with Crippen molar-refractivity contribution >= 4 is 34.3 Å². The lowest BCUT2D eigenvalue weighted by molar-refractivity contribution is -0.148. The molecule has 0 radical (unpaired) electrons. The normalized spacial score (nSPS) is 21.5. The molecule has 2 amide bonds. The largest absolute Gasteiger partial charge is 0.466 e. The Morgan fingerprint density at radius 2 is 2.03 bits per heavy atom. The number of esters is 1. The van der Waals surface area contributed by atoms with Crippen molar-refractivity contribution in [3.8, 4) is 0 Å². The van der Waals surface area contributed by atoms with Crippen molar-refractivity contribution in [1.82, 2.24) is 9.88 Å². The maximum absolute atomic E-state index is 12.8. The summed E-state index contributed by atoms with van der Waals surface area (Å²) in [6.07, 6.45) is 2.23. The van der Waals surface area contributed by atoms with Crippen LogP contribution in [0.5, 0.6) is 0 Å². The van der Waals surface area contributed by atoms with E-state index >= 15 is 0 Å². The lowest BCUT2D eigenvalue weighted by atomic mass is 9.91. The van der Waals surface area contributed by atoms with Gasteiger partial charge in [-0.1, -0.05) is 30.3 Å². The Morgan fingerprint density at radius 3 is 2.77 bits per heavy atom. The number of hydrogen-bond acceptors (Lipinski definition) is 6. The molecule has 31 heavy (non-hydrogen) atoms. The minimum Gasteiger partial charge on any atom is -0.466 e. The first-order valence-corrected chi connectivity index (χ1v) is 11.6. The Hall–Kier alpha value is -2.74. The molecule has 0 spiro atoms. The van der Waals surface area contributed by atoms with Gasteiger partial charge in [0.05, 0.1) is 30.2 Å². The highest BCUT2D eigenvalue weighted by Crippen LogP contribution is 2.34. The van der Waals surface area contributed by atoms with Gasteiger partial charge >= 0.3 is 5.97 Å². The average Bonchev–Trinajstić information content (AvgIpc) is 3.36. The molecular formula is C23H27N3O4S. The van der Waals surface area contributed by atoms with Crippen LogP contribution in [-0.2, 0) is 32.0 Å². The van der Waals surface area contributed by atoms with Gasteiger partial charge in [-0.2, -0.15) is 0 Å². The number of fused-ring (bicyclic) bond motifs is 1. The van der Waals surface area contributed by atoms with E-state index in [-0.39, 0.29) is 36.2 Å². The van der Waals surface area contributed by atoms with Crippen LogP contribution in [-0.4, -0.2) is 40.8 Å². The summed E-state index contributed by atoms with van der Waals surface area (Å²) in [5.41, 5.74) is 2.00. The average molecular weight is 442 g/mol. The fourth-order valence-electron chi connectivity index (χ4n) is 4.29. The summed E-state index contributed by atoms with van der Waals surface area (Å²) in [7, 11) is 0. The van der Waals surface area contributed by atoms with Crippen molar-refractivity contribution in [3.05, 3.63) is 46.5 Å². The number of amides is 2. The van der Waals surface area contributed by atoms with E-state index in [9.17, 15) is 14.4 Å². The number of ether oxygens (including phenoxy) is 1. The highest BCUT2D eigenvalue weighted by molar-refractivity contribution is 7.15. The second-order valence-corrected chi connectivity index (χ2v) is 9.19. The second-order valence-electron chi connectivity index (χ2n) is 8.10. The van der Waals surface area contributed by atoms with Gasteiger partial charge in [-0.15, -0.1) is 11.3 Å². The summed E-state index contributed by atoms with van der Waals surface area (Å²) >= 11 is 1.42. The van der Waals surface area contributed by atoms with E-state index in [2.05, 4.69) is 10.3 Å². The predicted octanol–water partition coefficient (Wildman–Crippen LogP) is 3.36. The Morgan fingerprint density at radius 1 is 1.26 bits per heavy atom. The Labute approximate surface area is 185 Å². The number of aromatic nitrogens is 1. The lowest BCUT2D eigenvalue weighted by Crippen LogP contribution is -2.30. The molecule has 164 valence electrons. The third-order valence-electron chi connectivity index (χ3n) is 6.07. The molecule has 0 saturated carbocycles. The monoisotopic (exact) mass is 441 g/mol. The van der Waals surface area contributed by atoms with Crippen molar-refractivity contribution < 1.29 is 19.1 Å². The third kappa shape index (κ3) is 4.63.